The summed E-state index contributed by atoms with van der Waals surface area (Å²) in [5.41, 5.74) is 3.42. The molecule has 1 aromatic carbocycles. The smallest absolute Gasteiger partial charge is 0.191 e. The maximum absolute atomic E-state index is 5.73. The van der Waals surface area contributed by atoms with Gasteiger partial charge in [0.1, 0.15) is 5.75 Å². The normalized spacial score (nSPS) is 11.4. The van der Waals surface area contributed by atoms with E-state index in [0.717, 1.165) is 47.5 Å². The maximum atomic E-state index is 5.73. The van der Waals surface area contributed by atoms with Crippen molar-refractivity contribution in [2.45, 2.75) is 40.7 Å². The van der Waals surface area contributed by atoms with Crippen molar-refractivity contribution in [1.29, 1.82) is 0 Å². The first kappa shape index (κ1) is 19.2. The number of aliphatic imine (C=N–C) groups is 1. The number of thiazole rings is 1. The Labute approximate surface area is 154 Å². The molecule has 0 aliphatic carbocycles. The molecule has 0 atom stereocenters. The van der Waals surface area contributed by atoms with Crippen molar-refractivity contribution < 1.29 is 4.74 Å². The third-order valence-electron chi connectivity index (χ3n) is 3.61. The molecule has 136 valence electrons. The molecular weight excluding hydrogens is 332 g/mol. The molecule has 0 radical (unpaired) electrons. The van der Waals surface area contributed by atoms with Crippen LogP contribution in [-0.4, -0.2) is 30.6 Å². The van der Waals surface area contributed by atoms with Crippen molar-refractivity contribution >= 4 is 17.3 Å². The number of benzene rings is 1. The summed E-state index contributed by atoms with van der Waals surface area (Å²) in [6, 6.07) is 6.25. The fourth-order valence-electron chi connectivity index (χ4n) is 2.42. The van der Waals surface area contributed by atoms with Gasteiger partial charge in [0, 0.05) is 30.5 Å². The monoisotopic (exact) mass is 360 g/mol. The standard InChI is InChI=1S/C19H28N4OS/c1-5-20-19(21-10-9-17-13-25-15(4)23-17)22-12-16-8-7-14(3)11-18(16)24-6-2/h7-8,11,13H,5-6,9-10,12H2,1-4H3,(H2,20,21,22). The number of guanidine groups is 1. The molecule has 1 aromatic heterocycles. The third kappa shape index (κ3) is 6.38. The van der Waals surface area contributed by atoms with Crippen molar-refractivity contribution in [1.82, 2.24) is 15.6 Å². The molecule has 0 fully saturated rings. The molecule has 2 rings (SSSR count). The summed E-state index contributed by atoms with van der Waals surface area (Å²) >= 11 is 1.69. The highest BCUT2D eigenvalue weighted by Gasteiger charge is 2.05. The number of aryl methyl sites for hydroxylation is 2. The van der Waals surface area contributed by atoms with Crippen LogP contribution in [0.2, 0.25) is 0 Å². The van der Waals surface area contributed by atoms with Crippen LogP contribution in [0.15, 0.2) is 28.6 Å². The molecule has 2 aromatic rings. The highest BCUT2D eigenvalue weighted by Crippen LogP contribution is 2.21. The van der Waals surface area contributed by atoms with Crippen molar-refractivity contribution in [3.8, 4) is 5.75 Å². The lowest BCUT2D eigenvalue weighted by molar-refractivity contribution is 0.336. The second-order valence-electron chi connectivity index (χ2n) is 5.77. The fraction of sp³-hybridized carbons (Fsp3) is 0.474. The number of nitrogens with zero attached hydrogens (tertiary/aromatic N) is 2. The number of hydrogen-bond donors (Lipinski definition) is 2. The van der Waals surface area contributed by atoms with Crippen LogP contribution >= 0.6 is 11.3 Å². The molecule has 6 heteroatoms. The van der Waals surface area contributed by atoms with Gasteiger partial charge in [-0.1, -0.05) is 12.1 Å². The van der Waals surface area contributed by atoms with Gasteiger partial charge in [-0.25, -0.2) is 9.98 Å². The highest BCUT2D eigenvalue weighted by atomic mass is 32.1. The van der Waals surface area contributed by atoms with Crippen LogP contribution in [0.1, 0.15) is 35.7 Å². The Kier molecular flexibility index (Phi) is 7.73. The minimum atomic E-state index is 0.584. The van der Waals surface area contributed by atoms with Crippen molar-refractivity contribution in [2.75, 3.05) is 19.7 Å². The molecule has 0 saturated heterocycles. The fourth-order valence-corrected chi connectivity index (χ4v) is 3.07. The zero-order valence-electron chi connectivity index (χ0n) is 15.6. The average molecular weight is 361 g/mol. The lowest BCUT2D eigenvalue weighted by Crippen LogP contribution is -2.38. The molecule has 2 N–H and O–H groups in total. The van der Waals surface area contributed by atoms with E-state index in [0.29, 0.717) is 13.2 Å². The van der Waals surface area contributed by atoms with Crippen LogP contribution in [0.5, 0.6) is 5.75 Å². The Hall–Kier alpha value is -2.08. The topological polar surface area (TPSA) is 58.5 Å². The Morgan fingerprint density at radius 3 is 2.76 bits per heavy atom. The van der Waals surface area contributed by atoms with Gasteiger partial charge in [0.2, 0.25) is 0 Å². The van der Waals surface area contributed by atoms with Crippen LogP contribution in [0.3, 0.4) is 0 Å². The first-order chi connectivity index (χ1) is 12.1. The number of ether oxygens (including phenoxy) is 1. The molecule has 0 bridgehead atoms. The van der Waals surface area contributed by atoms with Crippen LogP contribution in [-0.2, 0) is 13.0 Å². The summed E-state index contributed by atoms with van der Waals surface area (Å²) in [5.74, 6) is 1.73. The number of nitrogens with one attached hydrogen (secondary N) is 2. The van der Waals surface area contributed by atoms with E-state index < -0.39 is 0 Å². The molecule has 0 unspecified atom stereocenters. The average Bonchev–Trinajstić information content (AvgIpc) is 2.99. The van der Waals surface area contributed by atoms with E-state index in [1.54, 1.807) is 11.3 Å². The molecule has 0 aliphatic heterocycles. The van der Waals surface area contributed by atoms with Gasteiger partial charge in [-0.05, 0) is 39.3 Å². The van der Waals surface area contributed by atoms with E-state index in [9.17, 15) is 0 Å². The molecule has 1 heterocycles. The molecule has 0 amide bonds. The van der Waals surface area contributed by atoms with Gasteiger partial charge < -0.3 is 15.4 Å². The highest BCUT2D eigenvalue weighted by molar-refractivity contribution is 7.09. The summed E-state index contributed by atoms with van der Waals surface area (Å²) in [4.78, 5) is 9.18. The molecular formula is C19H28N4OS. The minimum Gasteiger partial charge on any atom is -0.494 e. The van der Waals surface area contributed by atoms with E-state index in [1.807, 2.05) is 13.8 Å². The van der Waals surface area contributed by atoms with E-state index in [4.69, 9.17) is 4.74 Å². The SMILES string of the molecule is CCNC(=NCc1ccc(C)cc1OCC)NCCc1csc(C)n1. The lowest BCUT2D eigenvalue weighted by atomic mass is 10.1. The lowest BCUT2D eigenvalue weighted by Gasteiger charge is -2.13. The van der Waals surface area contributed by atoms with Gasteiger partial charge in [-0.2, -0.15) is 0 Å². The second-order valence-corrected chi connectivity index (χ2v) is 6.84. The molecule has 25 heavy (non-hydrogen) atoms. The summed E-state index contributed by atoms with van der Waals surface area (Å²) in [7, 11) is 0. The number of aromatic nitrogens is 1. The van der Waals surface area contributed by atoms with E-state index in [1.165, 1.54) is 5.56 Å². The van der Waals surface area contributed by atoms with Crippen LogP contribution < -0.4 is 15.4 Å². The zero-order valence-corrected chi connectivity index (χ0v) is 16.4. The van der Waals surface area contributed by atoms with E-state index in [2.05, 4.69) is 58.0 Å². The van der Waals surface area contributed by atoms with Gasteiger partial charge in [-0.3, -0.25) is 0 Å². The van der Waals surface area contributed by atoms with Crippen LogP contribution in [0, 0.1) is 13.8 Å². The van der Waals surface area contributed by atoms with Crippen molar-refractivity contribution in [2.24, 2.45) is 4.99 Å². The van der Waals surface area contributed by atoms with E-state index in [-0.39, 0.29) is 0 Å². The van der Waals surface area contributed by atoms with Gasteiger partial charge in [0.05, 0.1) is 23.9 Å². The predicted molar refractivity (Wildman–Crippen MR) is 106 cm³/mol. The van der Waals surface area contributed by atoms with Gasteiger partial charge in [0.25, 0.3) is 0 Å². The summed E-state index contributed by atoms with van der Waals surface area (Å²) in [6.45, 7) is 11.0. The molecule has 0 saturated carbocycles. The second kappa shape index (κ2) is 10.0. The van der Waals surface area contributed by atoms with E-state index >= 15 is 0 Å². The predicted octanol–water partition coefficient (Wildman–Crippen LogP) is 3.46. The third-order valence-corrected chi connectivity index (χ3v) is 4.44. The van der Waals surface area contributed by atoms with Gasteiger partial charge >= 0.3 is 0 Å². The maximum Gasteiger partial charge on any atom is 0.191 e. The Morgan fingerprint density at radius 2 is 2.08 bits per heavy atom. The zero-order chi connectivity index (χ0) is 18.1. The first-order valence-electron chi connectivity index (χ1n) is 8.77. The van der Waals surface area contributed by atoms with Crippen molar-refractivity contribution in [3.05, 3.63) is 45.4 Å². The first-order valence-corrected chi connectivity index (χ1v) is 9.65. The largest absolute Gasteiger partial charge is 0.494 e. The molecule has 5 nitrogen and oxygen atoms in total. The Balaban J connectivity index is 1.96. The summed E-state index contributed by atoms with van der Waals surface area (Å²) in [5, 5.41) is 9.88. The minimum absolute atomic E-state index is 0.584. The van der Waals surface area contributed by atoms with Gasteiger partial charge in [-0.15, -0.1) is 11.3 Å². The van der Waals surface area contributed by atoms with Gasteiger partial charge in [0.15, 0.2) is 5.96 Å². The quantitative estimate of drug-likeness (QED) is 0.559. The molecule has 0 aliphatic rings. The number of rotatable bonds is 8. The van der Waals surface area contributed by atoms with Crippen LogP contribution in [0.4, 0.5) is 0 Å². The van der Waals surface area contributed by atoms with Crippen molar-refractivity contribution in [3.63, 3.8) is 0 Å². The summed E-state index contributed by atoms with van der Waals surface area (Å²) < 4.78 is 5.73. The number of hydrogen-bond acceptors (Lipinski definition) is 4. The Bertz CT molecular complexity index is 696. The Morgan fingerprint density at radius 1 is 1.24 bits per heavy atom. The summed E-state index contributed by atoms with van der Waals surface area (Å²) in [6.07, 6.45) is 0.892. The molecule has 0 spiro atoms. The van der Waals surface area contributed by atoms with Crippen LogP contribution in [0.25, 0.3) is 0 Å².